The van der Waals surface area contributed by atoms with Crippen LogP contribution in [-0.2, 0) is 16.1 Å². The van der Waals surface area contributed by atoms with Crippen LogP contribution in [0.15, 0.2) is 64.7 Å². The fourth-order valence-corrected chi connectivity index (χ4v) is 4.64. The van der Waals surface area contributed by atoms with Crippen LogP contribution < -0.4 is 20.3 Å². The van der Waals surface area contributed by atoms with Crippen molar-refractivity contribution in [2.24, 2.45) is 5.16 Å². The molecule has 47 heavy (non-hydrogen) atoms. The number of imide groups is 1. The molecule has 3 aromatic heterocycles. The molecule has 4 aromatic rings. The molecule has 15 heteroatoms. The molecule has 15 nitrogen and oxygen atoms in total. The summed E-state index contributed by atoms with van der Waals surface area (Å²) in [6.07, 6.45) is 8.32. The number of hydrogen-bond acceptors (Lipinski definition) is 13. The lowest BCUT2D eigenvalue weighted by Crippen LogP contribution is -2.49. The average Bonchev–Trinajstić information content (AvgIpc) is 3.54. The van der Waals surface area contributed by atoms with Gasteiger partial charge in [0.15, 0.2) is 17.7 Å². The van der Waals surface area contributed by atoms with E-state index in [1.807, 2.05) is 62.1 Å². The van der Waals surface area contributed by atoms with Gasteiger partial charge in [-0.2, -0.15) is 0 Å². The van der Waals surface area contributed by atoms with E-state index in [1.54, 1.807) is 43.3 Å². The lowest BCUT2D eigenvalue weighted by Gasteiger charge is -2.36. The highest BCUT2D eigenvalue weighted by Gasteiger charge is 2.23. The summed E-state index contributed by atoms with van der Waals surface area (Å²) in [5.74, 6) is 2.89. The summed E-state index contributed by atoms with van der Waals surface area (Å²) in [5, 5.41) is 18.1. The number of nitrogens with zero attached hydrogens (tertiary/aromatic N) is 7. The van der Waals surface area contributed by atoms with Crippen molar-refractivity contribution in [1.29, 1.82) is 0 Å². The molecule has 5 rings (SSSR count). The number of aromatic nitrogens is 3. The zero-order chi connectivity index (χ0) is 34.2. The van der Waals surface area contributed by atoms with Crippen LogP contribution in [-0.4, -0.2) is 109 Å². The molecule has 0 radical (unpaired) electrons. The van der Waals surface area contributed by atoms with Gasteiger partial charge in [0.1, 0.15) is 22.8 Å². The predicted octanol–water partition coefficient (Wildman–Crippen LogP) is 2.31. The van der Waals surface area contributed by atoms with Crippen LogP contribution in [0.25, 0.3) is 11.1 Å². The van der Waals surface area contributed by atoms with Gasteiger partial charge in [-0.1, -0.05) is 11.2 Å². The van der Waals surface area contributed by atoms with Crippen molar-refractivity contribution >= 4 is 41.9 Å². The number of nitrogens with one attached hydrogen (secondary N) is 2. The number of piperazine rings is 1. The summed E-state index contributed by atoms with van der Waals surface area (Å²) in [5.41, 5.74) is 3.89. The maximum absolute atomic E-state index is 10.8. The number of aldehydes is 1. The first-order chi connectivity index (χ1) is 22.8. The lowest BCUT2D eigenvalue weighted by molar-refractivity contribution is -0.117. The molecular weight excluding hydrogens is 606 g/mol. The molecule has 1 aliphatic rings. The van der Waals surface area contributed by atoms with Gasteiger partial charge in [0.2, 0.25) is 12.8 Å². The Balaban J connectivity index is 0.000000264. The number of anilines is 1. The Kier molecular flexibility index (Phi) is 14.2. The zero-order valence-corrected chi connectivity index (χ0v) is 27.2. The molecule has 1 aliphatic heterocycles. The van der Waals surface area contributed by atoms with Gasteiger partial charge in [0.05, 0.1) is 19.3 Å². The van der Waals surface area contributed by atoms with Crippen molar-refractivity contribution in [3.8, 4) is 5.75 Å². The number of ether oxygens (including phenoxy) is 1. The van der Waals surface area contributed by atoms with Gasteiger partial charge in [0, 0.05) is 68.5 Å². The molecule has 1 aromatic carbocycles. The van der Waals surface area contributed by atoms with Crippen molar-refractivity contribution in [3.63, 3.8) is 0 Å². The van der Waals surface area contributed by atoms with Crippen molar-refractivity contribution in [2.75, 3.05) is 59.3 Å². The Bertz CT molecular complexity index is 1600. The number of fused-ring (bicyclic) bond motifs is 1. The summed E-state index contributed by atoms with van der Waals surface area (Å²) in [4.78, 5) is 48.1. The Morgan fingerprint density at radius 1 is 1.09 bits per heavy atom. The number of carbonyl (C=O) groups excluding carboxylic acids is 3. The van der Waals surface area contributed by atoms with Crippen LogP contribution in [0.2, 0.25) is 0 Å². The molecule has 0 saturated carbocycles. The normalized spacial score (nSPS) is 13.5. The van der Waals surface area contributed by atoms with Gasteiger partial charge < -0.3 is 39.7 Å². The molecule has 0 bridgehead atoms. The summed E-state index contributed by atoms with van der Waals surface area (Å²) in [6, 6.07) is 9.44. The first-order valence-electron chi connectivity index (χ1n) is 14.7. The number of furan rings is 1. The second-order valence-corrected chi connectivity index (χ2v) is 10.6. The Labute approximate surface area is 273 Å². The van der Waals surface area contributed by atoms with Gasteiger partial charge in [-0.25, -0.2) is 4.98 Å². The van der Waals surface area contributed by atoms with Crippen molar-refractivity contribution < 1.29 is 28.7 Å². The molecule has 2 amide bonds. The van der Waals surface area contributed by atoms with Gasteiger partial charge in [0.25, 0.3) is 0 Å². The van der Waals surface area contributed by atoms with Gasteiger partial charge in [-0.15, -0.1) is 0 Å². The minimum atomic E-state index is 0.0952. The topological polar surface area (TPSA) is 179 Å². The monoisotopic (exact) mass is 647 g/mol. The van der Waals surface area contributed by atoms with Gasteiger partial charge >= 0.3 is 0 Å². The second kappa shape index (κ2) is 18.5. The van der Waals surface area contributed by atoms with E-state index in [-0.39, 0.29) is 6.04 Å². The van der Waals surface area contributed by atoms with Crippen LogP contribution in [0.5, 0.6) is 5.75 Å². The molecule has 0 spiro atoms. The first kappa shape index (κ1) is 36.1. The number of carbonyl (C=O) groups is 3. The fraction of sp³-hybridized carbons (Fsp3) is 0.344. The SMILES string of the molecule is CNC(C)c1cc2ncc(/C(=N\O)N3CCN(c4cnccn4)CC3)cc2o1.COc1ccc(CN(C)C)c(C=O)c1.O=CNC=O. The molecule has 1 saturated heterocycles. The number of benzene rings is 1. The zero-order valence-electron chi connectivity index (χ0n) is 27.2. The minimum Gasteiger partial charge on any atom is -0.497 e. The molecule has 1 unspecified atom stereocenters. The third kappa shape index (κ3) is 10.3. The number of amidine groups is 1. The van der Waals surface area contributed by atoms with Gasteiger partial charge in [-0.05, 0) is 51.8 Å². The highest BCUT2D eigenvalue weighted by molar-refractivity contribution is 6.00. The standard InChI is InChI=1S/C19H23N7O2.C11H15NO2.C2H3NO2/c1-13(20-2)16-10-15-17(28-16)9-14(11-23-15)19(24-27)26-7-5-25(6-8-26)18-12-21-3-4-22-18;1-12(2)7-9-4-5-11(14-3)6-10(9)8-13;4-1-3-2-5/h3-4,9-13,20,27H,5-8H2,1-2H3;4-6,8H,7H2,1-3H3;1-2H,(H,3,4,5)/b24-19+;;. The Morgan fingerprint density at radius 3 is 2.38 bits per heavy atom. The molecule has 4 heterocycles. The highest BCUT2D eigenvalue weighted by Crippen LogP contribution is 2.24. The smallest absolute Gasteiger partial charge is 0.213 e. The number of amides is 2. The van der Waals surface area contributed by atoms with Crippen molar-refractivity contribution in [2.45, 2.75) is 19.5 Å². The molecule has 1 atom stereocenters. The van der Waals surface area contributed by atoms with E-state index in [4.69, 9.17) is 18.7 Å². The Hall–Kier alpha value is -5.41. The van der Waals surface area contributed by atoms with E-state index in [2.05, 4.69) is 30.3 Å². The number of rotatable bonds is 10. The van der Waals surface area contributed by atoms with E-state index >= 15 is 0 Å². The van der Waals surface area contributed by atoms with E-state index < -0.39 is 0 Å². The van der Waals surface area contributed by atoms with E-state index in [0.29, 0.717) is 42.9 Å². The quantitative estimate of drug-likeness (QED) is 0.0752. The van der Waals surface area contributed by atoms with Crippen LogP contribution in [0.1, 0.15) is 40.2 Å². The second-order valence-electron chi connectivity index (χ2n) is 10.6. The van der Waals surface area contributed by atoms with Crippen molar-refractivity contribution in [3.05, 3.63) is 77.6 Å². The maximum atomic E-state index is 10.8. The van der Waals surface area contributed by atoms with Crippen LogP contribution in [0, 0.1) is 0 Å². The van der Waals surface area contributed by atoms with E-state index in [1.165, 1.54) is 0 Å². The lowest BCUT2D eigenvalue weighted by atomic mass is 10.1. The molecule has 3 N–H and O–H groups in total. The average molecular weight is 648 g/mol. The summed E-state index contributed by atoms with van der Waals surface area (Å²) in [7, 11) is 7.42. The first-order valence-corrected chi connectivity index (χ1v) is 14.7. The molecular formula is C32H41N9O6. The molecule has 250 valence electrons. The van der Waals surface area contributed by atoms with Crippen LogP contribution in [0.4, 0.5) is 5.82 Å². The summed E-state index contributed by atoms with van der Waals surface area (Å²) in [6.45, 7) is 5.71. The van der Waals surface area contributed by atoms with Crippen molar-refractivity contribution in [1.82, 2.24) is 35.4 Å². The predicted molar refractivity (Wildman–Crippen MR) is 177 cm³/mol. The molecule has 0 aliphatic carbocycles. The van der Waals surface area contributed by atoms with Crippen LogP contribution in [0.3, 0.4) is 0 Å². The fourth-order valence-electron chi connectivity index (χ4n) is 4.64. The third-order valence-electron chi connectivity index (χ3n) is 7.16. The van der Waals surface area contributed by atoms with E-state index in [9.17, 15) is 10.0 Å². The van der Waals surface area contributed by atoms with E-state index in [0.717, 1.165) is 59.9 Å². The number of methoxy groups -OCH3 is 1. The summed E-state index contributed by atoms with van der Waals surface area (Å²) < 4.78 is 11.0. The van der Waals surface area contributed by atoms with Crippen LogP contribution >= 0.6 is 0 Å². The number of hydrogen-bond donors (Lipinski definition) is 3. The van der Waals surface area contributed by atoms with Gasteiger partial charge in [-0.3, -0.25) is 24.4 Å². The number of pyridine rings is 1. The number of oxime groups is 1. The highest BCUT2D eigenvalue weighted by atomic mass is 16.5. The molecule has 1 fully saturated rings. The maximum Gasteiger partial charge on any atom is 0.213 e. The third-order valence-corrected chi connectivity index (χ3v) is 7.16. The Morgan fingerprint density at radius 2 is 1.83 bits per heavy atom. The largest absolute Gasteiger partial charge is 0.497 e. The summed E-state index contributed by atoms with van der Waals surface area (Å²) >= 11 is 0. The minimum absolute atomic E-state index is 0.0952.